The van der Waals surface area contributed by atoms with Gasteiger partial charge in [-0.2, -0.15) is 0 Å². The van der Waals surface area contributed by atoms with Crippen LogP contribution in [0.4, 0.5) is 0 Å². The number of ether oxygens (including phenoxy) is 2. The molecule has 0 aliphatic heterocycles. The first-order chi connectivity index (χ1) is 7.60. The molecule has 0 saturated heterocycles. The van der Waals surface area contributed by atoms with E-state index in [0.717, 1.165) is 0 Å². The SMILES string of the molecule is CCC(=O)Oc1c(OC)ccnc1C(N)=O. The quantitative estimate of drug-likeness (QED) is 0.752. The van der Waals surface area contributed by atoms with Gasteiger partial charge in [-0.3, -0.25) is 9.59 Å². The van der Waals surface area contributed by atoms with Crippen LogP contribution in [0.2, 0.25) is 0 Å². The summed E-state index contributed by atoms with van der Waals surface area (Å²) in [6, 6.07) is 1.48. The van der Waals surface area contributed by atoms with Crippen molar-refractivity contribution >= 4 is 11.9 Å². The molecular weight excluding hydrogens is 212 g/mol. The Bertz CT molecular complexity index is 417. The third-order valence-electron chi connectivity index (χ3n) is 1.83. The third-order valence-corrected chi connectivity index (χ3v) is 1.83. The van der Waals surface area contributed by atoms with Gasteiger partial charge in [-0.15, -0.1) is 0 Å². The van der Waals surface area contributed by atoms with Crippen LogP contribution in [0.3, 0.4) is 0 Å². The number of hydrogen-bond donors (Lipinski definition) is 1. The van der Waals surface area contributed by atoms with Crippen molar-refractivity contribution in [3.63, 3.8) is 0 Å². The van der Waals surface area contributed by atoms with Gasteiger partial charge in [-0.05, 0) is 0 Å². The van der Waals surface area contributed by atoms with Gasteiger partial charge in [-0.1, -0.05) is 6.92 Å². The lowest BCUT2D eigenvalue weighted by atomic mass is 10.3. The van der Waals surface area contributed by atoms with Crippen LogP contribution >= 0.6 is 0 Å². The highest BCUT2D eigenvalue weighted by molar-refractivity contribution is 5.95. The second-order valence-corrected chi connectivity index (χ2v) is 2.88. The van der Waals surface area contributed by atoms with Gasteiger partial charge in [-0.25, -0.2) is 4.98 Å². The van der Waals surface area contributed by atoms with Crippen LogP contribution in [0.5, 0.6) is 11.5 Å². The van der Waals surface area contributed by atoms with E-state index in [0.29, 0.717) is 0 Å². The minimum Gasteiger partial charge on any atom is -0.493 e. The molecule has 1 amide bonds. The molecule has 6 nitrogen and oxygen atoms in total. The lowest BCUT2D eigenvalue weighted by Crippen LogP contribution is -2.17. The van der Waals surface area contributed by atoms with Crippen molar-refractivity contribution in [3.8, 4) is 11.5 Å². The van der Waals surface area contributed by atoms with Crippen molar-refractivity contribution < 1.29 is 19.1 Å². The zero-order valence-corrected chi connectivity index (χ0v) is 9.02. The molecular formula is C10H12N2O4. The highest BCUT2D eigenvalue weighted by Gasteiger charge is 2.18. The lowest BCUT2D eigenvalue weighted by molar-refractivity contribution is -0.134. The molecule has 86 valence electrons. The van der Waals surface area contributed by atoms with Crippen LogP contribution in [0, 0.1) is 0 Å². The van der Waals surface area contributed by atoms with Crippen LogP contribution in [0.1, 0.15) is 23.8 Å². The summed E-state index contributed by atoms with van der Waals surface area (Å²) in [5.41, 5.74) is 4.98. The monoisotopic (exact) mass is 224 g/mol. The van der Waals surface area contributed by atoms with Crippen LogP contribution < -0.4 is 15.2 Å². The summed E-state index contributed by atoms with van der Waals surface area (Å²) in [7, 11) is 1.39. The summed E-state index contributed by atoms with van der Waals surface area (Å²) in [4.78, 5) is 26.0. The molecule has 1 heterocycles. The number of esters is 1. The average Bonchev–Trinajstić information content (AvgIpc) is 2.28. The molecule has 0 aliphatic carbocycles. The number of nitrogens with zero attached hydrogens (tertiary/aromatic N) is 1. The Hall–Kier alpha value is -2.11. The standard InChI is InChI=1S/C10H12N2O4/c1-3-7(13)16-9-6(15-2)4-5-12-8(9)10(11)14/h4-5H,3H2,1-2H3,(H2,11,14). The van der Waals surface area contributed by atoms with Crippen molar-refractivity contribution in [1.29, 1.82) is 0 Å². The van der Waals surface area contributed by atoms with Crippen LogP contribution in [-0.4, -0.2) is 24.0 Å². The molecule has 0 fully saturated rings. The molecule has 0 radical (unpaired) electrons. The third kappa shape index (κ3) is 2.47. The Morgan fingerprint density at radius 1 is 1.50 bits per heavy atom. The first kappa shape index (κ1) is 12.0. The van der Waals surface area contributed by atoms with E-state index in [2.05, 4.69) is 4.98 Å². The molecule has 0 atom stereocenters. The topological polar surface area (TPSA) is 91.5 Å². The molecule has 0 unspecified atom stereocenters. The van der Waals surface area contributed by atoms with Gasteiger partial charge in [0.2, 0.25) is 5.75 Å². The number of nitrogens with two attached hydrogens (primary N) is 1. The van der Waals surface area contributed by atoms with Gasteiger partial charge in [0, 0.05) is 18.7 Å². The Labute approximate surface area is 92.4 Å². The molecule has 0 spiro atoms. The fourth-order valence-electron chi connectivity index (χ4n) is 1.05. The Morgan fingerprint density at radius 2 is 2.19 bits per heavy atom. The number of primary amides is 1. The fraction of sp³-hybridized carbons (Fsp3) is 0.300. The fourth-order valence-corrected chi connectivity index (χ4v) is 1.05. The normalized spacial score (nSPS) is 9.62. The number of aromatic nitrogens is 1. The summed E-state index contributed by atoms with van der Waals surface area (Å²) in [5, 5.41) is 0. The highest BCUT2D eigenvalue weighted by atomic mass is 16.6. The van der Waals surface area contributed by atoms with Crippen molar-refractivity contribution in [2.24, 2.45) is 5.73 Å². The summed E-state index contributed by atoms with van der Waals surface area (Å²) in [5.74, 6) is -1.07. The van der Waals surface area contributed by atoms with Crippen LogP contribution in [0.15, 0.2) is 12.3 Å². The van der Waals surface area contributed by atoms with E-state index in [4.69, 9.17) is 15.2 Å². The molecule has 0 bridgehead atoms. The predicted octanol–water partition coefficient (Wildman–Crippen LogP) is 0.505. The smallest absolute Gasteiger partial charge is 0.311 e. The number of carbonyl (C=O) groups is 2. The van der Waals surface area contributed by atoms with Crippen molar-refractivity contribution in [2.75, 3.05) is 7.11 Å². The zero-order chi connectivity index (χ0) is 12.1. The summed E-state index contributed by atoms with van der Waals surface area (Å²) >= 11 is 0. The van der Waals surface area contributed by atoms with Crippen molar-refractivity contribution in [3.05, 3.63) is 18.0 Å². The number of carbonyl (C=O) groups excluding carboxylic acids is 2. The van der Waals surface area contributed by atoms with E-state index >= 15 is 0 Å². The summed E-state index contributed by atoms with van der Waals surface area (Å²) < 4.78 is 9.91. The van der Waals surface area contributed by atoms with Crippen molar-refractivity contribution in [2.45, 2.75) is 13.3 Å². The number of methoxy groups -OCH3 is 1. The molecule has 0 aromatic carbocycles. The maximum atomic E-state index is 11.2. The van der Waals surface area contributed by atoms with Crippen LogP contribution in [-0.2, 0) is 4.79 Å². The Balaban J connectivity index is 3.19. The summed E-state index contributed by atoms with van der Waals surface area (Å²) in [6.45, 7) is 1.63. The minimum atomic E-state index is -0.780. The van der Waals surface area contributed by atoms with Gasteiger partial charge >= 0.3 is 5.97 Å². The second kappa shape index (κ2) is 5.11. The zero-order valence-electron chi connectivity index (χ0n) is 9.02. The molecule has 16 heavy (non-hydrogen) atoms. The first-order valence-corrected chi connectivity index (χ1v) is 4.63. The minimum absolute atomic E-state index is 0.0376. The van der Waals surface area contributed by atoms with Gasteiger partial charge in [0.25, 0.3) is 5.91 Å². The molecule has 6 heteroatoms. The largest absolute Gasteiger partial charge is 0.493 e. The van der Waals surface area contributed by atoms with Gasteiger partial charge in [0.1, 0.15) is 0 Å². The van der Waals surface area contributed by atoms with E-state index in [-0.39, 0.29) is 23.6 Å². The van der Waals surface area contributed by atoms with E-state index in [9.17, 15) is 9.59 Å². The Kier molecular flexibility index (Phi) is 3.82. The van der Waals surface area contributed by atoms with Gasteiger partial charge in [0.15, 0.2) is 11.4 Å². The number of pyridine rings is 1. The van der Waals surface area contributed by atoms with E-state index in [1.807, 2.05) is 0 Å². The molecule has 1 aromatic rings. The van der Waals surface area contributed by atoms with Crippen LogP contribution in [0.25, 0.3) is 0 Å². The second-order valence-electron chi connectivity index (χ2n) is 2.88. The molecule has 2 N–H and O–H groups in total. The average molecular weight is 224 g/mol. The Morgan fingerprint density at radius 3 is 2.69 bits per heavy atom. The maximum Gasteiger partial charge on any atom is 0.311 e. The number of rotatable bonds is 4. The number of hydrogen-bond acceptors (Lipinski definition) is 5. The van der Waals surface area contributed by atoms with E-state index in [1.54, 1.807) is 6.92 Å². The molecule has 0 saturated carbocycles. The first-order valence-electron chi connectivity index (χ1n) is 4.63. The predicted molar refractivity (Wildman–Crippen MR) is 55.2 cm³/mol. The molecule has 1 rings (SSSR count). The van der Waals surface area contributed by atoms with Gasteiger partial charge < -0.3 is 15.2 Å². The van der Waals surface area contributed by atoms with Gasteiger partial charge in [0.05, 0.1) is 7.11 Å². The lowest BCUT2D eigenvalue weighted by Gasteiger charge is -2.10. The van der Waals surface area contributed by atoms with E-state index < -0.39 is 11.9 Å². The molecule has 1 aromatic heterocycles. The maximum absolute atomic E-state index is 11.2. The van der Waals surface area contributed by atoms with Crippen molar-refractivity contribution in [1.82, 2.24) is 4.98 Å². The highest BCUT2D eigenvalue weighted by Crippen LogP contribution is 2.29. The van der Waals surface area contributed by atoms with E-state index in [1.165, 1.54) is 19.4 Å². The number of amides is 1. The molecule has 0 aliphatic rings. The summed E-state index contributed by atoms with van der Waals surface area (Å²) in [6.07, 6.45) is 1.53.